The van der Waals surface area contributed by atoms with E-state index in [1.165, 1.54) is 6.20 Å². The lowest BCUT2D eigenvalue weighted by molar-refractivity contribution is -0.120. The molecule has 0 fully saturated rings. The smallest absolute Gasteiger partial charge is 0.234 e. The molecule has 1 aromatic heterocycles. The van der Waals surface area contributed by atoms with Crippen molar-refractivity contribution in [3.8, 4) is 0 Å². The molecule has 1 aromatic carbocycles. The summed E-state index contributed by atoms with van der Waals surface area (Å²) in [5.41, 5.74) is 0.917. The number of nitrogens with one attached hydrogen (secondary N) is 2. The predicted molar refractivity (Wildman–Crippen MR) is 94.7 cm³/mol. The van der Waals surface area contributed by atoms with E-state index in [0.717, 1.165) is 0 Å². The van der Waals surface area contributed by atoms with E-state index in [0.29, 0.717) is 11.3 Å². The lowest BCUT2D eigenvalue weighted by Gasteiger charge is -2.09. The molecule has 0 unspecified atom stereocenters. The number of benzene rings is 1. The summed E-state index contributed by atoms with van der Waals surface area (Å²) in [4.78, 5) is 27.4. The summed E-state index contributed by atoms with van der Waals surface area (Å²) in [6.07, 6.45) is 3.06. The Kier molecular flexibility index (Phi) is 6.64. The zero-order valence-electron chi connectivity index (χ0n) is 13.5. The Morgan fingerprint density at radius 3 is 2.44 bits per heavy atom. The standard InChI is InChI=1S/C17H19N3O4S/c21-16(14-5-4-10-18-13-14)8-9-17(22)19-11-12-25(23,24)20-15-6-2-1-3-7-15/h1-7,10,13,20H,8-9,11-12H2,(H,19,22). The van der Waals surface area contributed by atoms with Crippen molar-refractivity contribution in [1.29, 1.82) is 0 Å². The van der Waals surface area contributed by atoms with Gasteiger partial charge in [-0.3, -0.25) is 19.3 Å². The number of carbonyl (C=O) groups is 2. The molecule has 0 saturated heterocycles. The number of aromatic nitrogens is 1. The summed E-state index contributed by atoms with van der Waals surface area (Å²) in [5, 5.41) is 2.51. The van der Waals surface area contributed by atoms with Crippen LogP contribution in [0.4, 0.5) is 5.69 Å². The number of carbonyl (C=O) groups excluding carboxylic acids is 2. The van der Waals surface area contributed by atoms with Gasteiger partial charge in [0.15, 0.2) is 5.78 Å². The lowest BCUT2D eigenvalue weighted by atomic mass is 10.1. The first-order chi connectivity index (χ1) is 12.0. The summed E-state index contributed by atoms with van der Waals surface area (Å²) in [5.74, 6) is -0.793. The number of rotatable bonds is 9. The summed E-state index contributed by atoms with van der Waals surface area (Å²) < 4.78 is 26.2. The number of hydrogen-bond donors (Lipinski definition) is 2. The van der Waals surface area contributed by atoms with Gasteiger partial charge in [0.2, 0.25) is 15.9 Å². The molecular weight excluding hydrogens is 342 g/mol. The molecule has 25 heavy (non-hydrogen) atoms. The second-order valence-corrected chi connectivity index (χ2v) is 7.14. The van der Waals surface area contributed by atoms with Crippen molar-refractivity contribution in [1.82, 2.24) is 10.3 Å². The van der Waals surface area contributed by atoms with Gasteiger partial charge in [-0.1, -0.05) is 18.2 Å². The van der Waals surface area contributed by atoms with Crippen LogP contribution in [0.1, 0.15) is 23.2 Å². The van der Waals surface area contributed by atoms with Crippen LogP contribution >= 0.6 is 0 Å². The van der Waals surface area contributed by atoms with Crippen LogP contribution in [0.25, 0.3) is 0 Å². The van der Waals surface area contributed by atoms with E-state index in [9.17, 15) is 18.0 Å². The Balaban J connectivity index is 1.70. The fraction of sp³-hybridized carbons (Fsp3) is 0.235. The molecule has 1 amide bonds. The van der Waals surface area contributed by atoms with Crippen molar-refractivity contribution in [2.24, 2.45) is 0 Å². The molecule has 0 aliphatic rings. The zero-order valence-corrected chi connectivity index (χ0v) is 14.3. The monoisotopic (exact) mass is 361 g/mol. The molecule has 1 heterocycles. The van der Waals surface area contributed by atoms with Gasteiger partial charge in [-0.15, -0.1) is 0 Å². The Labute approximate surface area is 146 Å². The van der Waals surface area contributed by atoms with Gasteiger partial charge in [0.05, 0.1) is 5.75 Å². The average molecular weight is 361 g/mol. The average Bonchev–Trinajstić information content (AvgIpc) is 2.60. The molecule has 2 rings (SSSR count). The molecule has 0 bridgehead atoms. The molecule has 0 radical (unpaired) electrons. The molecule has 0 atom stereocenters. The summed E-state index contributed by atoms with van der Waals surface area (Å²) in [6.45, 7) is -0.0257. The normalized spacial score (nSPS) is 10.9. The lowest BCUT2D eigenvalue weighted by Crippen LogP contribution is -2.31. The number of amides is 1. The second kappa shape index (κ2) is 8.93. The minimum Gasteiger partial charge on any atom is -0.355 e. The molecule has 0 spiro atoms. The first-order valence-corrected chi connectivity index (χ1v) is 9.37. The summed E-state index contributed by atoms with van der Waals surface area (Å²) in [6, 6.07) is 11.8. The van der Waals surface area contributed by atoms with Gasteiger partial charge in [0.25, 0.3) is 0 Å². The highest BCUT2D eigenvalue weighted by atomic mass is 32.2. The quantitative estimate of drug-likeness (QED) is 0.660. The van der Waals surface area contributed by atoms with Crippen LogP contribution in [0.3, 0.4) is 0 Å². The number of ketones is 1. The Morgan fingerprint density at radius 2 is 1.76 bits per heavy atom. The van der Waals surface area contributed by atoms with Crippen LogP contribution in [0, 0.1) is 0 Å². The number of para-hydroxylation sites is 1. The van der Waals surface area contributed by atoms with Crippen molar-refractivity contribution in [2.45, 2.75) is 12.8 Å². The van der Waals surface area contributed by atoms with E-state index in [1.807, 2.05) is 0 Å². The third-order valence-corrected chi connectivity index (χ3v) is 4.59. The molecule has 8 heteroatoms. The number of Topliss-reactive ketones (excluding diaryl/α,β-unsaturated/α-hetero) is 1. The number of hydrogen-bond acceptors (Lipinski definition) is 5. The van der Waals surface area contributed by atoms with Crippen LogP contribution < -0.4 is 10.0 Å². The van der Waals surface area contributed by atoms with Gasteiger partial charge in [0.1, 0.15) is 0 Å². The van der Waals surface area contributed by atoms with Crippen LogP contribution in [0.15, 0.2) is 54.9 Å². The van der Waals surface area contributed by atoms with Gasteiger partial charge in [-0.2, -0.15) is 0 Å². The zero-order chi connectivity index (χ0) is 18.1. The Bertz CT molecular complexity index is 808. The van der Waals surface area contributed by atoms with Gasteiger partial charge < -0.3 is 5.32 Å². The van der Waals surface area contributed by atoms with Crippen molar-refractivity contribution < 1.29 is 18.0 Å². The van der Waals surface area contributed by atoms with Crippen LogP contribution in [-0.4, -0.2) is 37.4 Å². The maximum atomic E-state index is 11.9. The third kappa shape index (κ3) is 6.72. The number of sulfonamides is 1. The van der Waals surface area contributed by atoms with Crippen molar-refractivity contribution in [3.63, 3.8) is 0 Å². The fourth-order valence-electron chi connectivity index (χ4n) is 2.05. The van der Waals surface area contributed by atoms with Crippen molar-refractivity contribution >= 4 is 27.4 Å². The van der Waals surface area contributed by atoms with Gasteiger partial charge in [-0.25, -0.2) is 8.42 Å². The van der Waals surface area contributed by atoms with Gasteiger partial charge >= 0.3 is 0 Å². The molecule has 132 valence electrons. The first kappa shape index (κ1) is 18.6. The van der Waals surface area contributed by atoms with E-state index >= 15 is 0 Å². The second-order valence-electron chi connectivity index (χ2n) is 5.30. The minimum absolute atomic E-state index is 0.000110. The van der Waals surface area contributed by atoms with E-state index in [4.69, 9.17) is 0 Å². The minimum atomic E-state index is -3.54. The van der Waals surface area contributed by atoms with Crippen LogP contribution in [0.2, 0.25) is 0 Å². The van der Waals surface area contributed by atoms with E-state index < -0.39 is 10.0 Å². The molecule has 2 N–H and O–H groups in total. The predicted octanol–water partition coefficient (Wildman–Crippen LogP) is 1.60. The third-order valence-electron chi connectivity index (χ3n) is 3.30. The molecule has 0 aliphatic heterocycles. The van der Waals surface area contributed by atoms with Gasteiger partial charge in [-0.05, 0) is 24.3 Å². The first-order valence-electron chi connectivity index (χ1n) is 7.72. The Hall–Kier alpha value is -2.74. The van der Waals surface area contributed by atoms with Crippen molar-refractivity contribution in [2.75, 3.05) is 17.0 Å². The van der Waals surface area contributed by atoms with Gasteiger partial charge in [0, 0.05) is 43.0 Å². The number of pyridine rings is 1. The highest BCUT2D eigenvalue weighted by Crippen LogP contribution is 2.07. The van der Waals surface area contributed by atoms with Crippen molar-refractivity contribution in [3.05, 3.63) is 60.4 Å². The molecular formula is C17H19N3O4S. The summed E-state index contributed by atoms with van der Waals surface area (Å²) in [7, 11) is -3.54. The SMILES string of the molecule is O=C(CCC(=O)c1cccnc1)NCCS(=O)(=O)Nc1ccccc1. The topological polar surface area (TPSA) is 105 Å². The molecule has 2 aromatic rings. The maximum Gasteiger partial charge on any atom is 0.234 e. The highest BCUT2D eigenvalue weighted by Gasteiger charge is 2.12. The molecule has 7 nitrogen and oxygen atoms in total. The van der Waals surface area contributed by atoms with E-state index in [2.05, 4.69) is 15.0 Å². The Morgan fingerprint density at radius 1 is 1.00 bits per heavy atom. The number of nitrogens with zero attached hydrogens (tertiary/aromatic N) is 1. The summed E-state index contributed by atoms with van der Waals surface area (Å²) >= 11 is 0. The van der Waals surface area contributed by atoms with Crippen LogP contribution in [0.5, 0.6) is 0 Å². The fourth-order valence-corrected chi connectivity index (χ4v) is 3.02. The molecule has 0 aliphatic carbocycles. The molecule has 0 saturated carbocycles. The van der Waals surface area contributed by atoms with E-state index in [1.54, 1.807) is 48.7 Å². The number of anilines is 1. The largest absolute Gasteiger partial charge is 0.355 e. The van der Waals surface area contributed by atoms with E-state index in [-0.39, 0.29) is 36.8 Å². The highest BCUT2D eigenvalue weighted by molar-refractivity contribution is 7.92. The maximum absolute atomic E-state index is 11.9. The van der Waals surface area contributed by atoms with Crippen LogP contribution in [-0.2, 0) is 14.8 Å².